The monoisotopic (exact) mass is 393 g/mol. The summed E-state index contributed by atoms with van der Waals surface area (Å²) in [6.45, 7) is 1.30. The summed E-state index contributed by atoms with van der Waals surface area (Å²) in [6, 6.07) is 15.2. The van der Waals surface area contributed by atoms with Crippen LogP contribution in [-0.2, 0) is 4.79 Å². The van der Waals surface area contributed by atoms with Crippen molar-refractivity contribution in [3.8, 4) is 5.88 Å². The average molecular weight is 394 g/mol. The van der Waals surface area contributed by atoms with Crippen LogP contribution in [0, 0.1) is 0 Å². The summed E-state index contributed by atoms with van der Waals surface area (Å²) in [5, 5.41) is 0.634. The van der Waals surface area contributed by atoms with Gasteiger partial charge in [-0.15, -0.1) is 0 Å². The first kappa shape index (κ1) is 18.4. The van der Waals surface area contributed by atoms with Gasteiger partial charge in [0.1, 0.15) is 6.10 Å². The van der Waals surface area contributed by atoms with E-state index in [1.165, 1.54) is 0 Å². The molecule has 1 aliphatic heterocycles. The van der Waals surface area contributed by atoms with Crippen molar-refractivity contribution < 1.29 is 9.53 Å². The number of ether oxygens (including phenoxy) is 1. The second kappa shape index (κ2) is 8.40. The summed E-state index contributed by atoms with van der Waals surface area (Å²) >= 11 is 6.12. The minimum absolute atomic E-state index is 0.0103. The van der Waals surface area contributed by atoms with Gasteiger partial charge in [-0.2, -0.15) is 0 Å². The number of aromatic nitrogens is 2. The van der Waals surface area contributed by atoms with Gasteiger partial charge in [0.15, 0.2) is 0 Å². The predicted octanol–water partition coefficient (Wildman–Crippen LogP) is 4.37. The second-order valence-electron chi connectivity index (χ2n) is 6.69. The van der Waals surface area contributed by atoms with Crippen LogP contribution in [0.25, 0.3) is 17.1 Å². The molecule has 0 unspecified atom stereocenters. The van der Waals surface area contributed by atoms with Crippen LogP contribution in [0.3, 0.4) is 0 Å². The maximum Gasteiger partial charge on any atom is 0.246 e. The zero-order valence-corrected chi connectivity index (χ0v) is 16.0. The van der Waals surface area contributed by atoms with Gasteiger partial charge in [-0.3, -0.25) is 4.79 Å². The van der Waals surface area contributed by atoms with Gasteiger partial charge in [0.25, 0.3) is 0 Å². The number of piperidine rings is 1. The molecule has 4 rings (SSSR count). The lowest BCUT2D eigenvalue weighted by Gasteiger charge is -2.31. The third kappa shape index (κ3) is 4.31. The Bertz CT molecular complexity index is 1010. The number of amides is 1. The molecule has 1 saturated heterocycles. The molecule has 28 heavy (non-hydrogen) atoms. The number of carbonyl (C=O) groups excluding carboxylic acids is 1. The summed E-state index contributed by atoms with van der Waals surface area (Å²) in [7, 11) is 0. The summed E-state index contributed by atoms with van der Waals surface area (Å²) in [6.07, 6.45) is 6.56. The Labute approximate surface area is 168 Å². The quantitative estimate of drug-likeness (QED) is 0.618. The summed E-state index contributed by atoms with van der Waals surface area (Å²) in [5.41, 5.74) is 2.50. The lowest BCUT2D eigenvalue weighted by molar-refractivity contribution is -0.127. The van der Waals surface area contributed by atoms with E-state index in [2.05, 4.69) is 9.97 Å². The molecular weight excluding hydrogens is 374 g/mol. The first-order chi connectivity index (χ1) is 13.7. The van der Waals surface area contributed by atoms with Crippen molar-refractivity contribution in [2.75, 3.05) is 13.1 Å². The highest BCUT2D eigenvalue weighted by Gasteiger charge is 2.23. The van der Waals surface area contributed by atoms with Crippen molar-refractivity contribution in [2.45, 2.75) is 18.9 Å². The second-order valence-corrected chi connectivity index (χ2v) is 7.10. The Kier molecular flexibility index (Phi) is 5.53. The van der Waals surface area contributed by atoms with Gasteiger partial charge >= 0.3 is 0 Å². The third-order valence-corrected chi connectivity index (χ3v) is 5.12. The van der Waals surface area contributed by atoms with Crippen LogP contribution < -0.4 is 4.74 Å². The molecule has 1 aromatic heterocycles. The van der Waals surface area contributed by atoms with E-state index in [0.717, 1.165) is 29.4 Å². The zero-order chi connectivity index (χ0) is 19.3. The van der Waals surface area contributed by atoms with Crippen molar-refractivity contribution in [3.63, 3.8) is 0 Å². The van der Waals surface area contributed by atoms with Gasteiger partial charge in [0, 0.05) is 37.0 Å². The molecule has 0 radical (unpaired) electrons. The molecule has 1 fully saturated rings. The fourth-order valence-electron chi connectivity index (χ4n) is 3.24. The molecule has 0 aliphatic carbocycles. The van der Waals surface area contributed by atoms with Crippen LogP contribution in [0.2, 0.25) is 5.02 Å². The van der Waals surface area contributed by atoms with E-state index in [0.29, 0.717) is 24.0 Å². The highest BCUT2D eigenvalue weighted by Crippen LogP contribution is 2.20. The fraction of sp³-hybridized carbons (Fsp3) is 0.227. The normalized spacial score (nSPS) is 15.2. The van der Waals surface area contributed by atoms with Crippen LogP contribution in [-0.4, -0.2) is 40.0 Å². The highest BCUT2D eigenvalue weighted by molar-refractivity contribution is 6.32. The van der Waals surface area contributed by atoms with Crippen LogP contribution >= 0.6 is 11.6 Å². The maximum atomic E-state index is 12.4. The highest BCUT2D eigenvalue weighted by atomic mass is 35.5. The minimum Gasteiger partial charge on any atom is -0.473 e. The molecule has 6 heteroatoms. The molecule has 0 bridgehead atoms. The Balaban J connectivity index is 1.32. The smallest absolute Gasteiger partial charge is 0.246 e. The van der Waals surface area contributed by atoms with E-state index in [-0.39, 0.29) is 12.0 Å². The average Bonchev–Trinajstić information content (AvgIpc) is 2.73. The van der Waals surface area contributed by atoms with Crippen LogP contribution in [0.1, 0.15) is 18.4 Å². The number of likely N-dealkylation sites (tertiary alicyclic amines) is 1. The summed E-state index contributed by atoms with van der Waals surface area (Å²) in [5.74, 6) is 0.519. The molecule has 142 valence electrons. The maximum absolute atomic E-state index is 12.4. The number of nitrogens with zero attached hydrogens (tertiary/aromatic N) is 3. The van der Waals surface area contributed by atoms with E-state index in [1.807, 2.05) is 53.4 Å². The molecule has 5 nitrogen and oxygen atoms in total. The molecular formula is C22H20ClN3O2. The molecule has 0 atom stereocenters. The zero-order valence-electron chi connectivity index (χ0n) is 15.3. The lowest BCUT2D eigenvalue weighted by Crippen LogP contribution is -2.41. The largest absolute Gasteiger partial charge is 0.473 e. The van der Waals surface area contributed by atoms with E-state index in [9.17, 15) is 4.79 Å². The van der Waals surface area contributed by atoms with Gasteiger partial charge in [-0.1, -0.05) is 41.9 Å². The predicted molar refractivity (Wildman–Crippen MR) is 110 cm³/mol. The third-order valence-electron chi connectivity index (χ3n) is 4.78. The molecule has 0 spiro atoms. The lowest BCUT2D eigenvalue weighted by atomic mass is 10.1. The molecule has 2 heterocycles. The van der Waals surface area contributed by atoms with Crippen molar-refractivity contribution >= 4 is 34.6 Å². The number of fused-ring (bicyclic) bond motifs is 1. The summed E-state index contributed by atoms with van der Waals surface area (Å²) < 4.78 is 5.99. The fourth-order valence-corrected chi connectivity index (χ4v) is 3.44. The van der Waals surface area contributed by atoms with Gasteiger partial charge in [0.2, 0.25) is 11.8 Å². The van der Waals surface area contributed by atoms with Gasteiger partial charge in [-0.05, 0) is 29.8 Å². The SMILES string of the molecule is O=C(/C=C/c1ccccc1Cl)N1CCC(Oc2cnc3ccccc3n2)CC1. The number of hydrogen-bond acceptors (Lipinski definition) is 4. The molecule has 0 N–H and O–H groups in total. The van der Waals surface area contributed by atoms with Crippen LogP contribution in [0.5, 0.6) is 5.88 Å². The number of hydrogen-bond donors (Lipinski definition) is 0. The number of carbonyl (C=O) groups is 1. The Morgan fingerprint density at radius 1 is 1.07 bits per heavy atom. The molecule has 0 saturated carbocycles. The van der Waals surface area contributed by atoms with Crippen molar-refractivity contribution in [3.05, 3.63) is 71.4 Å². The molecule has 1 aliphatic rings. The van der Waals surface area contributed by atoms with Crippen molar-refractivity contribution in [2.24, 2.45) is 0 Å². The standard InChI is InChI=1S/C22H20ClN3O2/c23-18-6-2-1-5-16(18)9-10-22(27)26-13-11-17(12-14-26)28-21-15-24-19-7-3-4-8-20(19)25-21/h1-10,15,17H,11-14H2/b10-9+. The number of para-hydroxylation sites is 2. The van der Waals surface area contributed by atoms with E-state index in [4.69, 9.17) is 16.3 Å². The molecule has 1 amide bonds. The van der Waals surface area contributed by atoms with E-state index >= 15 is 0 Å². The first-order valence-electron chi connectivity index (χ1n) is 9.29. The first-order valence-corrected chi connectivity index (χ1v) is 9.67. The number of benzene rings is 2. The van der Waals surface area contributed by atoms with Gasteiger partial charge in [0.05, 0.1) is 17.2 Å². The van der Waals surface area contributed by atoms with Crippen LogP contribution in [0.15, 0.2) is 60.8 Å². The molecule has 2 aromatic carbocycles. The number of halogens is 1. The van der Waals surface area contributed by atoms with E-state index in [1.54, 1.807) is 18.3 Å². The van der Waals surface area contributed by atoms with E-state index < -0.39 is 0 Å². The number of rotatable bonds is 4. The van der Waals surface area contributed by atoms with Crippen LogP contribution in [0.4, 0.5) is 0 Å². The van der Waals surface area contributed by atoms with Crippen molar-refractivity contribution in [1.82, 2.24) is 14.9 Å². The molecule has 3 aromatic rings. The van der Waals surface area contributed by atoms with Gasteiger partial charge in [-0.25, -0.2) is 9.97 Å². The van der Waals surface area contributed by atoms with Gasteiger partial charge < -0.3 is 9.64 Å². The Morgan fingerprint density at radius 2 is 1.79 bits per heavy atom. The minimum atomic E-state index is -0.0103. The Morgan fingerprint density at radius 3 is 2.57 bits per heavy atom. The topological polar surface area (TPSA) is 55.3 Å². The van der Waals surface area contributed by atoms with Crippen molar-refractivity contribution in [1.29, 1.82) is 0 Å². The Hall–Kier alpha value is -2.92. The summed E-state index contributed by atoms with van der Waals surface area (Å²) in [4.78, 5) is 23.1.